The van der Waals surface area contributed by atoms with E-state index in [0.717, 1.165) is 38.3 Å². The van der Waals surface area contributed by atoms with E-state index < -0.39 is 0 Å². The second-order valence-electron chi connectivity index (χ2n) is 5.24. The summed E-state index contributed by atoms with van der Waals surface area (Å²) in [5, 5.41) is 6.93. The highest BCUT2D eigenvalue weighted by Crippen LogP contribution is 2.10. The van der Waals surface area contributed by atoms with Gasteiger partial charge in [0.1, 0.15) is 0 Å². The molecular formula is C17H28N3O2S+. The van der Waals surface area contributed by atoms with E-state index in [1.54, 1.807) is 24.0 Å². The molecule has 5 nitrogen and oxygen atoms in total. The standard InChI is InChI=1S/C17H27N3O2S/c1-4-20(5-2)13-7-12-18-17(23)19-15-10-8-14(9-11-15)16(21)22-6-3/h8-11H,4-7,12-13H2,1-3H3,(H2,18,19,23)/p+1. The molecule has 0 aliphatic carbocycles. The van der Waals surface area contributed by atoms with Crippen LogP contribution in [-0.2, 0) is 4.74 Å². The maximum Gasteiger partial charge on any atom is 0.338 e. The minimum absolute atomic E-state index is 0.307. The molecule has 0 fully saturated rings. The van der Waals surface area contributed by atoms with Gasteiger partial charge in [-0.1, -0.05) is 0 Å². The highest BCUT2D eigenvalue weighted by Gasteiger charge is 2.06. The number of rotatable bonds is 9. The van der Waals surface area contributed by atoms with Crippen molar-refractivity contribution in [2.75, 3.05) is 38.1 Å². The number of esters is 1. The van der Waals surface area contributed by atoms with Crippen LogP contribution in [0.1, 0.15) is 37.6 Å². The van der Waals surface area contributed by atoms with Gasteiger partial charge in [0, 0.05) is 18.7 Å². The van der Waals surface area contributed by atoms with Gasteiger partial charge >= 0.3 is 5.97 Å². The Balaban J connectivity index is 2.33. The number of thiocarbonyl (C=S) groups is 1. The average Bonchev–Trinajstić information content (AvgIpc) is 2.56. The molecule has 0 heterocycles. The van der Waals surface area contributed by atoms with Crippen molar-refractivity contribution in [3.63, 3.8) is 0 Å². The molecule has 3 N–H and O–H groups in total. The molecule has 1 aromatic rings. The first-order chi connectivity index (χ1) is 11.1. The molecule has 128 valence electrons. The second kappa shape index (κ2) is 11.0. The molecule has 0 aliphatic rings. The molecule has 0 unspecified atom stereocenters. The smallest absolute Gasteiger partial charge is 0.338 e. The molecule has 0 aliphatic heterocycles. The minimum Gasteiger partial charge on any atom is -0.462 e. The van der Waals surface area contributed by atoms with Gasteiger partial charge < -0.3 is 20.3 Å². The summed E-state index contributed by atoms with van der Waals surface area (Å²) in [6, 6.07) is 7.10. The first kappa shape index (κ1) is 19.4. The molecule has 0 saturated carbocycles. The van der Waals surface area contributed by atoms with E-state index in [-0.39, 0.29) is 5.97 Å². The fourth-order valence-electron chi connectivity index (χ4n) is 2.22. The SMILES string of the molecule is CCOC(=O)c1ccc(NC(=S)NCCC[NH+](CC)CC)cc1. The van der Waals surface area contributed by atoms with Gasteiger partial charge in [0.2, 0.25) is 0 Å². The molecule has 0 aromatic heterocycles. The quantitative estimate of drug-likeness (QED) is 0.362. The second-order valence-corrected chi connectivity index (χ2v) is 5.65. The molecule has 0 spiro atoms. The van der Waals surface area contributed by atoms with Crippen LogP contribution in [0.15, 0.2) is 24.3 Å². The van der Waals surface area contributed by atoms with E-state index in [4.69, 9.17) is 17.0 Å². The maximum absolute atomic E-state index is 11.6. The molecule has 0 atom stereocenters. The molecule has 0 radical (unpaired) electrons. The molecule has 1 aromatic carbocycles. The number of carbonyl (C=O) groups excluding carboxylic acids is 1. The Morgan fingerprint density at radius 2 is 1.83 bits per heavy atom. The van der Waals surface area contributed by atoms with Crippen LogP contribution >= 0.6 is 12.2 Å². The van der Waals surface area contributed by atoms with Crippen molar-refractivity contribution in [1.29, 1.82) is 0 Å². The number of hydrogen-bond acceptors (Lipinski definition) is 3. The zero-order valence-corrected chi connectivity index (χ0v) is 15.1. The molecule has 0 saturated heterocycles. The average molecular weight is 338 g/mol. The number of nitrogens with one attached hydrogen (secondary N) is 3. The van der Waals surface area contributed by atoms with Crippen LogP contribution in [0, 0.1) is 0 Å². The van der Waals surface area contributed by atoms with Gasteiger partial charge in [-0.2, -0.15) is 0 Å². The summed E-state index contributed by atoms with van der Waals surface area (Å²) in [4.78, 5) is 13.2. The molecule has 1 rings (SSSR count). The Bertz CT molecular complexity index is 487. The minimum atomic E-state index is -0.307. The van der Waals surface area contributed by atoms with Gasteiger partial charge in [-0.25, -0.2) is 4.79 Å². The third-order valence-electron chi connectivity index (χ3n) is 3.65. The number of anilines is 1. The van der Waals surface area contributed by atoms with Crippen LogP contribution in [0.5, 0.6) is 0 Å². The monoisotopic (exact) mass is 338 g/mol. The summed E-state index contributed by atoms with van der Waals surface area (Å²) in [5.41, 5.74) is 1.39. The zero-order valence-electron chi connectivity index (χ0n) is 14.3. The first-order valence-corrected chi connectivity index (χ1v) is 8.67. The molecule has 0 bridgehead atoms. The summed E-state index contributed by atoms with van der Waals surface area (Å²) in [6.07, 6.45) is 1.08. The third kappa shape index (κ3) is 7.43. The lowest BCUT2D eigenvalue weighted by Crippen LogP contribution is -3.11. The predicted molar refractivity (Wildman–Crippen MR) is 98.2 cm³/mol. The van der Waals surface area contributed by atoms with Gasteiger partial charge in [-0.05, 0) is 57.3 Å². The number of hydrogen-bond donors (Lipinski definition) is 3. The lowest BCUT2D eigenvalue weighted by molar-refractivity contribution is -0.896. The lowest BCUT2D eigenvalue weighted by atomic mass is 10.2. The highest BCUT2D eigenvalue weighted by molar-refractivity contribution is 7.80. The number of benzene rings is 1. The van der Waals surface area contributed by atoms with E-state index in [1.165, 1.54) is 0 Å². The Kier molecular flexibility index (Phi) is 9.24. The van der Waals surface area contributed by atoms with Crippen molar-refractivity contribution in [3.05, 3.63) is 29.8 Å². The van der Waals surface area contributed by atoms with Gasteiger partial charge in [0.05, 0.1) is 31.8 Å². The summed E-state index contributed by atoms with van der Waals surface area (Å²) in [6.45, 7) is 10.9. The van der Waals surface area contributed by atoms with E-state index in [0.29, 0.717) is 17.3 Å². The van der Waals surface area contributed by atoms with Gasteiger partial charge in [-0.15, -0.1) is 0 Å². The fourth-order valence-corrected chi connectivity index (χ4v) is 2.44. The van der Waals surface area contributed by atoms with Crippen LogP contribution in [0.3, 0.4) is 0 Å². The Hall–Kier alpha value is -1.66. The third-order valence-corrected chi connectivity index (χ3v) is 3.89. The van der Waals surface area contributed by atoms with Gasteiger partial charge in [0.15, 0.2) is 5.11 Å². The highest BCUT2D eigenvalue weighted by atomic mass is 32.1. The molecular weight excluding hydrogens is 310 g/mol. The van der Waals surface area contributed by atoms with Crippen LogP contribution in [0.2, 0.25) is 0 Å². The van der Waals surface area contributed by atoms with Crippen molar-refractivity contribution < 1.29 is 14.4 Å². The maximum atomic E-state index is 11.6. The van der Waals surface area contributed by atoms with Gasteiger partial charge in [0.25, 0.3) is 0 Å². The van der Waals surface area contributed by atoms with E-state index in [2.05, 4.69) is 24.5 Å². The Morgan fingerprint density at radius 3 is 2.39 bits per heavy atom. The van der Waals surface area contributed by atoms with E-state index in [1.807, 2.05) is 12.1 Å². The van der Waals surface area contributed by atoms with Crippen molar-refractivity contribution in [2.24, 2.45) is 0 Å². The summed E-state index contributed by atoms with van der Waals surface area (Å²) in [7, 11) is 0. The van der Waals surface area contributed by atoms with Crippen molar-refractivity contribution >= 4 is 29.0 Å². The number of ether oxygens (including phenoxy) is 1. The van der Waals surface area contributed by atoms with Crippen molar-refractivity contribution in [3.8, 4) is 0 Å². The van der Waals surface area contributed by atoms with Crippen LogP contribution in [0.4, 0.5) is 5.69 Å². The summed E-state index contributed by atoms with van der Waals surface area (Å²) >= 11 is 5.28. The van der Waals surface area contributed by atoms with Crippen molar-refractivity contribution in [1.82, 2.24) is 5.32 Å². The van der Waals surface area contributed by atoms with Gasteiger partial charge in [-0.3, -0.25) is 0 Å². The number of quaternary nitrogens is 1. The Morgan fingerprint density at radius 1 is 1.17 bits per heavy atom. The Labute approximate surface area is 144 Å². The normalized spacial score (nSPS) is 10.4. The fraction of sp³-hybridized carbons (Fsp3) is 0.529. The first-order valence-electron chi connectivity index (χ1n) is 8.26. The largest absolute Gasteiger partial charge is 0.462 e. The lowest BCUT2D eigenvalue weighted by Gasteiger charge is -2.16. The van der Waals surface area contributed by atoms with Crippen molar-refractivity contribution in [2.45, 2.75) is 27.2 Å². The molecule has 6 heteroatoms. The van der Waals surface area contributed by atoms with Crippen LogP contribution in [0.25, 0.3) is 0 Å². The molecule has 23 heavy (non-hydrogen) atoms. The van der Waals surface area contributed by atoms with Crippen LogP contribution in [-0.4, -0.2) is 43.9 Å². The molecule has 0 amide bonds. The summed E-state index contributed by atoms with van der Waals surface area (Å²) in [5.74, 6) is -0.307. The van der Waals surface area contributed by atoms with E-state index in [9.17, 15) is 4.79 Å². The van der Waals surface area contributed by atoms with Crippen LogP contribution < -0.4 is 15.5 Å². The zero-order chi connectivity index (χ0) is 17.1. The predicted octanol–water partition coefficient (Wildman–Crippen LogP) is 1.46. The topological polar surface area (TPSA) is 54.8 Å². The number of carbonyl (C=O) groups is 1. The summed E-state index contributed by atoms with van der Waals surface area (Å²) < 4.78 is 4.95. The van der Waals surface area contributed by atoms with E-state index >= 15 is 0 Å².